The molecule has 5 nitrogen and oxygen atoms in total. The van der Waals surface area contributed by atoms with Crippen LogP contribution in [0.4, 0.5) is 23.2 Å². The van der Waals surface area contributed by atoms with Gasteiger partial charge >= 0.3 is 6.18 Å². The van der Waals surface area contributed by atoms with E-state index in [0.29, 0.717) is 25.2 Å². The van der Waals surface area contributed by atoms with Crippen molar-refractivity contribution in [1.82, 2.24) is 10.2 Å². The molecule has 24 heavy (non-hydrogen) atoms. The summed E-state index contributed by atoms with van der Waals surface area (Å²) in [7, 11) is 0. The molecule has 1 fully saturated rings. The predicted octanol–water partition coefficient (Wildman–Crippen LogP) is 3.62. The van der Waals surface area contributed by atoms with Crippen molar-refractivity contribution in [2.75, 3.05) is 18.4 Å². The van der Waals surface area contributed by atoms with Gasteiger partial charge in [0.25, 0.3) is 0 Å². The molecule has 1 aromatic rings. The topological polar surface area (TPSA) is 75.0 Å². The second-order valence-corrected chi connectivity index (χ2v) is 5.21. The second kappa shape index (κ2) is 8.18. The van der Waals surface area contributed by atoms with Gasteiger partial charge in [-0.3, -0.25) is 16.1 Å². The SMILES string of the molecule is Cl.N=C(NC(=N)N1CCCCC1)Nc1ccc(F)c(C(F)(F)F)c1. The molecule has 0 atom stereocenters. The van der Waals surface area contributed by atoms with Gasteiger partial charge in [-0.1, -0.05) is 0 Å². The Morgan fingerprint density at radius 1 is 1.08 bits per heavy atom. The van der Waals surface area contributed by atoms with Crippen molar-refractivity contribution in [3.63, 3.8) is 0 Å². The van der Waals surface area contributed by atoms with Crippen LogP contribution in [-0.2, 0) is 6.18 Å². The highest BCUT2D eigenvalue weighted by molar-refractivity contribution is 6.02. The Morgan fingerprint density at radius 3 is 2.29 bits per heavy atom. The van der Waals surface area contributed by atoms with Crippen molar-refractivity contribution in [3.8, 4) is 0 Å². The largest absolute Gasteiger partial charge is 0.419 e. The molecule has 0 amide bonds. The lowest BCUT2D eigenvalue weighted by Gasteiger charge is -2.29. The summed E-state index contributed by atoms with van der Waals surface area (Å²) in [5, 5.41) is 20.4. The molecule has 0 bridgehead atoms. The molecule has 1 aromatic carbocycles. The smallest absolute Gasteiger partial charge is 0.343 e. The first-order valence-electron chi connectivity index (χ1n) is 7.10. The first-order valence-corrected chi connectivity index (χ1v) is 7.10. The van der Waals surface area contributed by atoms with Crippen molar-refractivity contribution in [3.05, 3.63) is 29.6 Å². The van der Waals surface area contributed by atoms with E-state index in [-0.39, 0.29) is 30.0 Å². The van der Waals surface area contributed by atoms with E-state index >= 15 is 0 Å². The van der Waals surface area contributed by atoms with Crippen molar-refractivity contribution in [2.24, 2.45) is 0 Å². The monoisotopic (exact) mass is 367 g/mol. The molecule has 0 unspecified atom stereocenters. The molecule has 10 heteroatoms. The van der Waals surface area contributed by atoms with Crippen LogP contribution in [-0.4, -0.2) is 29.9 Å². The minimum Gasteiger partial charge on any atom is -0.343 e. The fraction of sp³-hybridized carbons (Fsp3) is 0.429. The van der Waals surface area contributed by atoms with Gasteiger partial charge in [-0.2, -0.15) is 13.2 Å². The van der Waals surface area contributed by atoms with Crippen molar-refractivity contribution < 1.29 is 17.6 Å². The van der Waals surface area contributed by atoms with E-state index in [1.54, 1.807) is 4.90 Å². The summed E-state index contributed by atoms with van der Waals surface area (Å²) < 4.78 is 51.1. The molecule has 0 spiro atoms. The fourth-order valence-electron chi connectivity index (χ4n) is 2.31. The molecule has 0 aliphatic carbocycles. The second-order valence-electron chi connectivity index (χ2n) is 5.21. The number of piperidine rings is 1. The molecule has 0 saturated carbocycles. The Kier molecular flexibility index (Phi) is 6.82. The number of nitrogens with one attached hydrogen (secondary N) is 4. The Labute approximate surface area is 142 Å². The van der Waals surface area contributed by atoms with E-state index in [2.05, 4.69) is 10.6 Å². The van der Waals surface area contributed by atoms with Crippen LogP contribution < -0.4 is 10.6 Å². The van der Waals surface area contributed by atoms with Crippen LogP contribution in [0, 0.1) is 16.6 Å². The third-order valence-corrected chi connectivity index (χ3v) is 3.46. The minimum absolute atomic E-state index is 0. The highest BCUT2D eigenvalue weighted by atomic mass is 35.5. The minimum atomic E-state index is -4.81. The predicted molar refractivity (Wildman–Crippen MR) is 86.3 cm³/mol. The molecule has 4 N–H and O–H groups in total. The summed E-state index contributed by atoms with van der Waals surface area (Å²) in [6, 6.07) is 2.38. The highest BCUT2D eigenvalue weighted by Gasteiger charge is 2.34. The maximum Gasteiger partial charge on any atom is 0.419 e. The average molecular weight is 368 g/mol. The summed E-state index contributed by atoms with van der Waals surface area (Å²) in [5.41, 5.74) is -1.48. The van der Waals surface area contributed by atoms with Crippen LogP contribution >= 0.6 is 12.4 Å². The van der Waals surface area contributed by atoms with Gasteiger partial charge in [0, 0.05) is 18.8 Å². The average Bonchev–Trinajstić information content (AvgIpc) is 2.49. The molecule has 2 rings (SSSR count). The number of hydrogen-bond donors (Lipinski definition) is 4. The summed E-state index contributed by atoms with van der Waals surface area (Å²) in [6.07, 6.45) is -1.80. The third-order valence-electron chi connectivity index (χ3n) is 3.46. The van der Waals surface area contributed by atoms with E-state index in [1.807, 2.05) is 0 Å². The zero-order valence-corrected chi connectivity index (χ0v) is 13.5. The van der Waals surface area contributed by atoms with Gasteiger partial charge in [0.1, 0.15) is 5.82 Å². The van der Waals surface area contributed by atoms with Gasteiger partial charge in [0.05, 0.1) is 5.56 Å². The zero-order valence-electron chi connectivity index (χ0n) is 12.6. The summed E-state index contributed by atoms with van der Waals surface area (Å²) in [5.74, 6) is -1.70. The standard InChI is InChI=1S/C14H17F4N5.ClH/c15-11-5-4-9(8-10(11)14(16,17)18)21-12(19)22-13(20)23-6-2-1-3-7-23;/h4-5,8H,1-3,6-7H2,(H4,19,20,21,22);1H. The maximum absolute atomic E-state index is 13.2. The Balaban J connectivity index is 0.00000288. The van der Waals surface area contributed by atoms with Crippen LogP contribution in [0.5, 0.6) is 0 Å². The highest BCUT2D eigenvalue weighted by Crippen LogP contribution is 2.32. The lowest BCUT2D eigenvalue weighted by molar-refractivity contribution is -0.139. The molecule has 134 valence electrons. The molecular formula is C14H18ClF4N5. The molecule has 0 radical (unpaired) electrons. The summed E-state index contributed by atoms with van der Waals surface area (Å²) >= 11 is 0. The lowest BCUT2D eigenvalue weighted by Crippen LogP contribution is -2.47. The number of hydrogen-bond acceptors (Lipinski definition) is 2. The normalized spacial score (nSPS) is 14.6. The number of rotatable bonds is 1. The molecule has 1 heterocycles. The molecule has 1 saturated heterocycles. The van der Waals surface area contributed by atoms with E-state index in [1.165, 1.54) is 0 Å². The Bertz CT molecular complexity index is 599. The van der Waals surface area contributed by atoms with Gasteiger partial charge in [-0.05, 0) is 37.5 Å². The van der Waals surface area contributed by atoms with Gasteiger partial charge in [-0.25, -0.2) is 4.39 Å². The van der Waals surface area contributed by atoms with Crippen LogP contribution in [0.3, 0.4) is 0 Å². The molecule has 0 aromatic heterocycles. The van der Waals surface area contributed by atoms with E-state index in [9.17, 15) is 17.6 Å². The Hall–Kier alpha value is -2.03. The van der Waals surface area contributed by atoms with Crippen LogP contribution in [0.15, 0.2) is 18.2 Å². The number of halogens is 5. The first kappa shape index (κ1) is 20.0. The molecule has 1 aliphatic heterocycles. The molecule has 1 aliphatic rings. The zero-order chi connectivity index (χ0) is 17.0. The first-order chi connectivity index (χ1) is 10.8. The number of anilines is 1. The van der Waals surface area contributed by atoms with Crippen molar-refractivity contribution >= 4 is 30.0 Å². The van der Waals surface area contributed by atoms with Crippen LogP contribution in [0.1, 0.15) is 24.8 Å². The Morgan fingerprint density at radius 2 is 1.71 bits per heavy atom. The van der Waals surface area contributed by atoms with Crippen molar-refractivity contribution in [1.29, 1.82) is 10.8 Å². The van der Waals surface area contributed by atoms with E-state index in [0.717, 1.165) is 25.3 Å². The summed E-state index contributed by atoms with van der Waals surface area (Å²) in [4.78, 5) is 1.76. The summed E-state index contributed by atoms with van der Waals surface area (Å²) in [6.45, 7) is 1.40. The van der Waals surface area contributed by atoms with Gasteiger partial charge in [-0.15, -0.1) is 12.4 Å². The van der Waals surface area contributed by atoms with Gasteiger partial charge in [0.2, 0.25) is 0 Å². The quantitative estimate of drug-likeness (QED) is 0.348. The maximum atomic E-state index is 13.2. The number of benzene rings is 1. The van der Waals surface area contributed by atoms with E-state index < -0.39 is 17.6 Å². The third kappa shape index (κ3) is 5.26. The number of alkyl halides is 3. The van der Waals surface area contributed by atoms with Crippen LogP contribution in [0.2, 0.25) is 0 Å². The van der Waals surface area contributed by atoms with Gasteiger partial charge < -0.3 is 10.2 Å². The number of likely N-dealkylation sites (tertiary alicyclic amines) is 1. The lowest BCUT2D eigenvalue weighted by atomic mass is 10.1. The van der Waals surface area contributed by atoms with Crippen LogP contribution in [0.25, 0.3) is 0 Å². The fourth-order valence-corrected chi connectivity index (χ4v) is 2.31. The molecular weight excluding hydrogens is 350 g/mol. The number of guanidine groups is 2. The van der Waals surface area contributed by atoms with Crippen molar-refractivity contribution in [2.45, 2.75) is 25.4 Å². The van der Waals surface area contributed by atoms with Gasteiger partial charge in [0.15, 0.2) is 11.9 Å². The van der Waals surface area contributed by atoms with E-state index in [4.69, 9.17) is 10.8 Å². The number of nitrogens with zero attached hydrogens (tertiary/aromatic N) is 1.